The molecule has 19 heavy (non-hydrogen) atoms. The van der Waals surface area contributed by atoms with Crippen LogP contribution in [0.5, 0.6) is 0 Å². The van der Waals surface area contributed by atoms with E-state index in [1.165, 1.54) is 4.57 Å². The van der Waals surface area contributed by atoms with Gasteiger partial charge < -0.3 is 5.73 Å². The first-order valence-corrected chi connectivity index (χ1v) is 6.02. The van der Waals surface area contributed by atoms with E-state index in [1.54, 1.807) is 24.5 Å². The van der Waals surface area contributed by atoms with Gasteiger partial charge >= 0.3 is 0 Å². The van der Waals surface area contributed by atoms with Crippen LogP contribution in [0.1, 0.15) is 22.6 Å². The summed E-state index contributed by atoms with van der Waals surface area (Å²) in [5.74, 6) is -0.0340. The van der Waals surface area contributed by atoms with Gasteiger partial charge in [0, 0.05) is 30.9 Å². The van der Waals surface area contributed by atoms with Gasteiger partial charge in [-0.25, -0.2) is 4.98 Å². The van der Waals surface area contributed by atoms with Crippen molar-refractivity contribution in [1.82, 2.24) is 14.5 Å². The number of carbonyl (C=O) groups excluding carboxylic acids is 1. The van der Waals surface area contributed by atoms with Crippen LogP contribution in [0.2, 0.25) is 0 Å². The fourth-order valence-electron chi connectivity index (χ4n) is 2.36. The summed E-state index contributed by atoms with van der Waals surface area (Å²) >= 11 is 0. The lowest BCUT2D eigenvalue weighted by atomic mass is 10.1. The smallest absolute Gasteiger partial charge is 0.267 e. The summed E-state index contributed by atoms with van der Waals surface area (Å²) in [5, 5.41) is 0. The molecule has 1 aliphatic heterocycles. The molecule has 0 radical (unpaired) electrons. The minimum atomic E-state index is -0.744. The Balaban J connectivity index is 2.33. The number of aryl methyl sites for hydroxylation is 1. The maximum absolute atomic E-state index is 12.3. The molecule has 1 aliphatic rings. The topological polar surface area (TPSA) is 90.9 Å². The maximum atomic E-state index is 12.3. The van der Waals surface area contributed by atoms with E-state index in [-0.39, 0.29) is 11.1 Å². The number of hydrogen-bond acceptors (Lipinski definition) is 4. The van der Waals surface area contributed by atoms with E-state index in [2.05, 4.69) is 9.97 Å². The predicted molar refractivity (Wildman–Crippen MR) is 68.6 cm³/mol. The first-order chi connectivity index (χ1) is 9.18. The molecule has 2 N–H and O–H groups in total. The quantitative estimate of drug-likeness (QED) is 0.839. The minimum Gasteiger partial charge on any atom is -0.365 e. The molecule has 0 aliphatic carbocycles. The molecule has 0 saturated carbocycles. The molecular weight excluding hydrogens is 244 g/mol. The summed E-state index contributed by atoms with van der Waals surface area (Å²) in [6.45, 7) is 0.595. The first kappa shape index (κ1) is 11.6. The van der Waals surface area contributed by atoms with Gasteiger partial charge in [-0.1, -0.05) is 0 Å². The van der Waals surface area contributed by atoms with Crippen molar-refractivity contribution >= 4 is 5.91 Å². The molecule has 2 aromatic rings. The third-order valence-corrected chi connectivity index (χ3v) is 3.23. The number of amides is 1. The summed E-state index contributed by atoms with van der Waals surface area (Å²) in [4.78, 5) is 32.2. The number of rotatable bonds is 2. The Labute approximate surface area is 108 Å². The summed E-state index contributed by atoms with van der Waals surface area (Å²) in [6, 6.07) is 3.42. The lowest BCUT2D eigenvalue weighted by molar-refractivity contribution is 0.0998. The average Bonchev–Trinajstić information content (AvgIpc) is 2.87. The third-order valence-electron chi connectivity index (χ3n) is 3.23. The van der Waals surface area contributed by atoms with Crippen LogP contribution in [-0.4, -0.2) is 20.4 Å². The second kappa shape index (κ2) is 4.31. The van der Waals surface area contributed by atoms with E-state index in [4.69, 9.17) is 5.73 Å². The van der Waals surface area contributed by atoms with Crippen LogP contribution >= 0.6 is 0 Å². The van der Waals surface area contributed by atoms with Crippen LogP contribution in [0.25, 0.3) is 11.3 Å². The average molecular weight is 256 g/mol. The second-order valence-electron chi connectivity index (χ2n) is 4.41. The lowest BCUT2D eigenvalue weighted by Gasteiger charge is -2.09. The number of aromatic nitrogens is 3. The second-order valence-corrected chi connectivity index (χ2v) is 4.41. The molecule has 0 spiro atoms. The minimum absolute atomic E-state index is 0.0446. The van der Waals surface area contributed by atoms with Crippen molar-refractivity contribution in [2.45, 2.75) is 19.4 Å². The van der Waals surface area contributed by atoms with E-state index in [0.29, 0.717) is 23.6 Å². The highest BCUT2D eigenvalue weighted by Crippen LogP contribution is 2.21. The van der Waals surface area contributed by atoms with Gasteiger partial charge in [0.2, 0.25) is 0 Å². The largest absolute Gasteiger partial charge is 0.365 e. The number of hydrogen-bond donors (Lipinski definition) is 1. The van der Waals surface area contributed by atoms with Crippen LogP contribution in [-0.2, 0) is 13.0 Å². The zero-order chi connectivity index (χ0) is 13.4. The molecule has 0 fully saturated rings. The summed E-state index contributed by atoms with van der Waals surface area (Å²) in [7, 11) is 0. The molecule has 3 heterocycles. The van der Waals surface area contributed by atoms with Gasteiger partial charge in [-0.2, -0.15) is 0 Å². The van der Waals surface area contributed by atoms with Crippen LogP contribution in [0.4, 0.5) is 0 Å². The Kier molecular flexibility index (Phi) is 2.63. The molecule has 1 amide bonds. The van der Waals surface area contributed by atoms with Gasteiger partial charge in [-0.15, -0.1) is 0 Å². The monoisotopic (exact) mass is 256 g/mol. The van der Waals surface area contributed by atoms with Crippen molar-refractivity contribution in [2.75, 3.05) is 0 Å². The maximum Gasteiger partial charge on any atom is 0.267 e. The molecule has 0 aromatic carbocycles. The van der Waals surface area contributed by atoms with Gasteiger partial charge in [0.15, 0.2) is 0 Å². The normalized spacial score (nSPS) is 13.3. The van der Waals surface area contributed by atoms with Crippen LogP contribution < -0.4 is 11.3 Å². The number of nitrogens with zero attached hydrogens (tertiary/aromatic N) is 3. The third kappa shape index (κ3) is 1.81. The zero-order valence-corrected chi connectivity index (χ0v) is 10.2. The van der Waals surface area contributed by atoms with Crippen molar-refractivity contribution < 1.29 is 4.79 Å². The molecule has 96 valence electrons. The highest BCUT2D eigenvalue weighted by Gasteiger charge is 2.23. The molecule has 0 atom stereocenters. The molecule has 6 heteroatoms. The lowest BCUT2D eigenvalue weighted by Crippen LogP contribution is -2.31. The van der Waals surface area contributed by atoms with E-state index >= 15 is 0 Å². The summed E-state index contributed by atoms with van der Waals surface area (Å²) in [5.41, 5.74) is 5.98. The Hall–Kier alpha value is -2.50. The van der Waals surface area contributed by atoms with Crippen molar-refractivity contribution in [2.24, 2.45) is 5.73 Å². The Morgan fingerprint density at radius 1 is 1.32 bits per heavy atom. The van der Waals surface area contributed by atoms with Crippen molar-refractivity contribution in [3.05, 3.63) is 46.3 Å². The van der Waals surface area contributed by atoms with E-state index < -0.39 is 5.91 Å². The Bertz CT molecular complexity index is 707. The fraction of sp³-hybridized carbons (Fsp3) is 0.231. The molecule has 3 rings (SSSR count). The fourth-order valence-corrected chi connectivity index (χ4v) is 2.36. The van der Waals surface area contributed by atoms with Gasteiger partial charge in [0.1, 0.15) is 11.4 Å². The van der Waals surface area contributed by atoms with Crippen molar-refractivity contribution in [1.29, 1.82) is 0 Å². The zero-order valence-electron chi connectivity index (χ0n) is 10.2. The molecule has 0 unspecified atom stereocenters. The van der Waals surface area contributed by atoms with Gasteiger partial charge in [-0.05, 0) is 18.6 Å². The summed E-state index contributed by atoms with van der Waals surface area (Å²) < 4.78 is 1.53. The highest BCUT2D eigenvalue weighted by atomic mass is 16.2. The number of carbonyl (C=O) groups is 1. The molecular formula is C13H12N4O2. The van der Waals surface area contributed by atoms with Gasteiger partial charge in [0.05, 0.1) is 5.69 Å². The molecule has 0 saturated heterocycles. The highest BCUT2D eigenvalue weighted by molar-refractivity contribution is 5.98. The Morgan fingerprint density at radius 2 is 2.05 bits per heavy atom. The predicted octanol–water partition coefficient (Wildman–Crippen LogP) is 0.350. The molecule has 6 nitrogen and oxygen atoms in total. The SMILES string of the molecule is NC(=O)c1c(-c2ccncc2)nc2n(c1=O)CCC2. The first-order valence-electron chi connectivity index (χ1n) is 6.02. The number of fused-ring (bicyclic) bond motifs is 1. The van der Waals surface area contributed by atoms with E-state index in [0.717, 1.165) is 12.8 Å². The molecule has 2 aromatic heterocycles. The number of nitrogens with two attached hydrogens (primary N) is 1. The van der Waals surface area contributed by atoms with Crippen LogP contribution in [0.15, 0.2) is 29.3 Å². The van der Waals surface area contributed by atoms with E-state index in [9.17, 15) is 9.59 Å². The van der Waals surface area contributed by atoms with Gasteiger partial charge in [-0.3, -0.25) is 19.1 Å². The van der Waals surface area contributed by atoms with Crippen molar-refractivity contribution in [3.8, 4) is 11.3 Å². The van der Waals surface area contributed by atoms with Crippen LogP contribution in [0.3, 0.4) is 0 Å². The van der Waals surface area contributed by atoms with E-state index in [1.807, 2.05) is 0 Å². The Morgan fingerprint density at radius 3 is 2.74 bits per heavy atom. The standard InChI is InChI=1S/C13H12N4O2/c14-12(18)10-11(8-3-5-15-6-4-8)16-9-2-1-7-17(9)13(10)19/h3-6H,1-2,7H2,(H2,14,18). The van der Waals surface area contributed by atoms with Crippen molar-refractivity contribution in [3.63, 3.8) is 0 Å². The summed E-state index contributed by atoms with van der Waals surface area (Å²) in [6.07, 6.45) is 4.78. The van der Waals surface area contributed by atoms with Crippen LogP contribution in [0, 0.1) is 0 Å². The molecule has 0 bridgehead atoms. The van der Waals surface area contributed by atoms with Gasteiger partial charge in [0.25, 0.3) is 11.5 Å². The number of pyridine rings is 1. The number of primary amides is 1.